The summed E-state index contributed by atoms with van der Waals surface area (Å²) in [7, 11) is 0. The lowest BCUT2D eigenvalue weighted by atomic mass is 10.1. The largest absolute Gasteiger partial charge is 0.464 e. The van der Waals surface area contributed by atoms with E-state index in [1.165, 1.54) is 0 Å². The molecule has 4 rings (SSSR count). The highest BCUT2D eigenvalue weighted by molar-refractivity contribution is 6.38. The number of para-hydroxylation sites is 1. The maximum absolute atomic E-state index is 6.61. The smallest absolute Gasteiger partial charge is 0.153 e. The zero-order chi connectivity index (χ0) is 14.2. The van der Waals surface area contributed by atoms with Gasteiger partial charge in [0.15, 0.2) is 5.76 Å². The second-order valence-electron chi connectivity index (χ2n) is 4.62. The molecule has 0 atom stereocenters. The third-order valence-corrected chi connectivity index (χ3v) is 3.74. The van der Waals surface area contributed by atoms with Crippen LogP contribution in [0.1, 0.15) is 0 Å². The summed E-state index contributed by atoms with van der Waals surface area (Å²) in [6, 6.07) is 15.1. The van der Waals surface area contributed by atoms with Crippen molar-refractivity contribution in [3.05, 3.63) is 66.1 Å². The van der Waals surface area contributed by atoms with Gasteiger partial charge in [0.25, 0.3) is 0 Å². The molecular weight excluding hydrogens is 286 g/mol. The summed E-state index contributed by atoms with van der Waals surface area (Å²) >= 11 is 6.61. The number of hydrogen-bond donors (Lipinski definition) is 0. The van der Waals surface area contributed by atoms with E-state index in [1.54, 1.807) is 12.5 Å². The molecular formula is C17H10ClNO2. The molecule has 0 bridgehead atoms. The predicted octanol–water partition coefficient (Wildman–Crippen LogP) is 5.41. The van der Waals surface area contributed by atoms with Crippen molar-refractivity contribution in [3.63, 3.8) is 0 Å². The van der Waals surface area contributed by atoms with E-state index >= 15 is 0 Å². The van der Waals surface area contributed by atoms with E-state index in [2.05, 4.69) is 0 Å². The van der Waals surface area contributed by atoms with Crippen molar-refractivity contribution in [2.75, 3.05) is 0 Å². The van der Waals surface area contributed by atoms with Crippen molar-refractivity contribution in [2.45, 2.75) is 0 Å². The van der Waals surface area contributed by atoms with Gasteiger partial charge in [0.1, 0.15) is 11.5 Å². The fraction of sp³-hybridized carbons (Fsp3) is 0. The van der Waals surface area contributed by atoms with Gasteiger partial charge in [0.2, 0.25) is 0 Å². The lowest BCUT2D eigenvalue weighted by molar-refractivity contribution is 0.574. The number of fused-ring (bicyclic) bond motifs is 1. The number of hydrogen-bond acceptors (Lipinski definition) is 3. The van der Waals surface area contributed by atoms with Crippen LogP contribution in [0.25, 0.3) is 33.7 Å². The Balaban J connectivity index is 2.13. The minimum absolute atomic E-state index is 0.613. The highest BCUT2D eigenvalue weighted by Gasteiger charge is 2.20. The number of furan rings is 2. The van der Waals surface area contributed by atoms with Crippen LogP contribution in [-0.2, 0) is 0 Å². The summed E-state index contributed by atoms with van der Waals surface area (Å²) in [5, 5.41) is 1.50. The first-order valence-electron chi connectivity index (χ1n) is 6.50. The zero-order valence-corrected chi connectivity index (χ0v) is 11.7. The number of benzene rings is 1. The quantitative estimate of drug-likeness (QED) is 0.496. The predicted molar refractivity (Wildman–Crippen MR) is 82.2 cm³/mol. The molecule has 4 aromatic rings. The molecule has 0 radical (unpaired) electrons. The molecule has 4 heteroatoms. The minimum atomic E-state index is 0.613. The highest BCUT2D eigenvalue weighted by Crippen LogP contribution is 2.40. The highest BCUT2D eigenvalue weighted by atomic mass is 35.5. The van der Waals surface area contributed by atoms with E-state index in [9.17, 15) is 0 Å². The molecule has 3 nitrogen and oxygen atoms in total. The Morgan fingerprint density at radius 1 is 0.810 bits per heavy atom. The Kier molecular flexibility index (Phi) is 2.79. The molecule has 0 unspecified atom stereocenters. The maximum atomic E-state index is 6.61. The average molecular weight is 296 g/mol. The van der Waals surface area contributed by atoms with Gasteiger partial charge in [-0.3, -0.25) is 0 Å². The summed E-state index contributed by atoms with van der Waals surface area (Å²) < 4.78 is 11.0. The van der Waals surface area contributed by atoms with E-state index in [1.807, 2.05) is 48.5 Å². The molecule has 1 aromatic carbocycles. The Morgan fingerprint density at radius 2 is 1.52 bits per heavy atom. The van der Waals surface area contributed by atoms with Crippen molar-refractivity contribution in [3.8, 4) is 22.8 Å². The molecule has 0 aliphatic heterocycles. The van der Waals surface area contributed by atoms with Gasteiger partial charge in [-0.1, -0.05) is 29.8 Å². The molecule has 3 aromatic heterocycles. The van der Waals surface area contributed by atoms with Crippen LogP contribution < -0.4 is 0 Å². The van der Waals surface area contributed by atoms with Gasteiger partial charge < -0.3 is 8.83 Å². The first kappa shape index (κ1) is 12.2. The molecule has 0 fully saturated rings. The van der Waals surface area contributed by atoms with Gasteiger partial charge in [0, 0.05) is 5.39 Å². The first-order valence-corrected chi connectivity index (χ1v) is 6.88. The van der Waals surface area contributed by atoms with Crippen molar-refractivity contribution in [1.82, 2.24) is 4.98 Å². The third-order valence-electron chi connectivity index (χ3n) is 3.35. The van der Waals surface area contributed by atoms with Crippen molar-refractivity contribution in [1.29, 1.82) is 0 Å². The monoisotopic (exact) mass is 295 g/mol. The lowest BCUT2D eigenvalue weighted by Crippen LogP contribution is -1.91. The molecule has 0 amide bonds. The van der Waals surface area contributed by atoms with Crippen LogP contribution in [-0.4, -0.2) is 4.98 Å². The van der Waals surface area contributed by atoms with Crippen LogP contribution in [0.5, 0.6) is 0 Å². The standard InChI is InChI=1S/C17H10ClNO2/c18-16-11-5-1-2-6-12(11)19-17(14-8-4-10-21-14)15(16)13-7-3-9-20-13/h1-10H. The fourth-order valence-corrected chi connectivity index (χ4v) is 2.75. The Bertz CT molecular complexity index is 896. The zero-order valence-electron chi connectivity index (χ0n) is 10.9. The fourth-order valence-electron chi connectivity index (χ4n) is 2.41. The summed E-state index contributed by atoms with van der Waals surface area (Å²) in [5.41, 5.74) is 2.25. The molecule has 0 aliphatic rings. The third kappa shape index (κ3) is 1.94. The van der Waals surface area contributed by atoms with Crippen LogP contribution in [0.3, 0.4) is 0 Å². The van der Waals surface area contributed by atoms with Gasteiger partial charge >= 0.3 is 0 Å². The van der Waals surface area contributed by atoms with E-state index in [0.717, 1.165) is 16.5 Å². The number of rotatable bonds is 2. The van der Waals surface area contributed by atoms with Gasteiger partial charge in [-0.15, -0.1) is 0 Å². The number of halogens is 1. The van der Waals surface area contributed by atoms with Gasteiger partial charge in [-0.2, -0.15) is 0 Å². The Labute approximate surface area is 125 Å². The van der Waals surface area contributed by atoms with Crippen molar-refractivity contribution >= 4 is 22.5 Å². The second-order valence-corrected chi connectivity index (χ2v) is 5.00. The van der Waals surface area contributed by atoms with Crippen LogP contribution >= 0.6 is 11.6 Å². The van der Waals surface area contributed by atoms with E-state index in [-0.39, 0.29) is 0 Å². The summed E-state index contributed by atoms with van der Waals surface area (Å²) in [6.45, 7) is 0. The molecule has 0 aliphatic carbocycles. The van der Waals surface area contributed by atoms with Crippen molar-refractivity contribution in [2.24, 2.45) is 0 Å². The molecule has 3 heterocycles. The molecule has 21 heavy (non-hydrogen) atoms. The van der Waals surface area contributed by atoms with E-state index in [0.29, 0.717) is 22.2 Å². The molecule has 0 N–H and O–H groups in total. The normalized spacial score (nSPS) is 11.1. The summed E-state index contributed by atoms with van der Waals surface area (Å²) in [4.78, 5) is 4.70. The first-order chi connectivity index (χ1) is 10.3. The van der Waals surface area contributed by atoms with Gasteiger partial charge in [-0.05, 0) is 30.3 Å². The SMILES string of the molecule is Clc1c(-c2ccco2)c(-c2ccco2)nc2ccccc12. The minimum Gasteiger partial charge on any atom is -0.464 e. The summed E-state index contributed by atoms with van der Waals surface area (Å²) in [5.74, 6) is 1.33. The van der Waals surface area contributed by atoms with E-state index in [4.69, 9.17) is 25.4 Å². The molecule has 102 valence electrons. The number of nitrogens with zero attached hydrogens (tertiary/aromatic N) is 1. The molecule has 0 spiro atoms. The number of aromatic nitrogens is 1. The average Bonchev–Trinajstić information content (AvgIpc) is 3.20. The molecule has 0 saturated heterocycles. The van der Waals surface area contributed by atoms with Crippen LogP contribution in [0.15, 0.2) is 69.9 Å². The Hall–Kier alpha value is -2.52. The van der Waals surface area contributed by atoms with Crippen LogP contribution in [0, 0.1) is 0 Å². The topological polar surface area (TPSA) is 39.2 Å². The maximum Gasteiger partial charge on any atom is 0.153 e. The van der Waals surface area contributed by atoms with Gasteiger partial charge in [0.05, 0.1) is 28.6 Å². The summed E-state index contributed by atoms with van der Waals surface area (Å²) in [6.07, 6.45) is 3.23. The van der Waals surface area contributed by atoms with Crippen LogP contribution in [0.4, 0.5) is 0 Å². The van der Waals surface area contributed by atoms with Crippen molar-refractivity contribution < 1.29 is 8.83 Å². The van der Waals surface area contributed by atoms with E-state index < -0.39 is 0 Å². The van der Waals surface area contributed by atoms with Gasteiger partial charge in [-0.25, -0.2) is 4.98 Å². The number of pyridine rings is 1. The second kappa shape index (κ2) is 4.79. The molecule has 0 saturated carbocycles. The van der Waals surface area contributed by atoms with Crippen LogP contribution in [0.2, 0.25) is 5.02 Å². The Morgan fingerprint density at radius 3 is 2.24 bits per heavy atom. The lowest BCUT2D eigenvalue weighted by Gasteiger charge is -2.10.